The van der Waals surface area contributed by atoms with Crippen LogP contribution in [-0.4, -0.2) is 20.1 Å². The van der Waals surface area contributed by atoms with E-state index in [1.54, 1.807) is 31.2 Å². The molecule has 0 fully saturated rings. The molecule has 0 aliphatic rings. The fraction of sp³-hybridized carbons (Fsp3) is 0.350. The van der Waals surface area contributed by atoms with Crippen molar-refractivity contribution in [1.29, 1.82) is 0 Å². The molecule has 0 aliphatic heterocycles. The van der Waals surface area contributed by atoms with Gasteiger partial charge in [-0.1, -0.05) is 44.2 Å². The third-order valence-electron chi connectivity index (χ3n) is 4.01. The Bertz CT molecular complexity index is 816. The second-order valence-corrected chi connectivity index (χ2v) is 8.66. The van der Waals surface area contributed by atoms with Crippen LogP contribution in [0.4, 0.5) is 5.69 Å². The Hall–Kier alpha value is -2.34. The zero-order valence-corrected chi connectivity index (χ0v) is 16.2. The normalized spacial score (nSPS) is 12.6. The predicted octanol–water partition coefficient (Wildman–Crippen LogP) is 3.97. The van der Waals surface area contributed by atoms with Crippen molar-refractivity contribution in [2.24, 2.45) is 5.92 Å². The van der Waals surface area contributed by atoms with Gasteiger partial charge in [-0.2, -0.15) is 0 Å². The molecule has 0 radical (unpaired) electrons. The number of hydrogen-bond acceptors (Lipinski definition) is 3. The van der Waals surface area contributed by atoms with Crippen LogP contribution in [-0.2, 0) is 10.0 Å². The van der Waals surface area contributed by atoms with Crippen molar-refractivity contribution in [3.63, 3.8) is 0 Å². The summed E-state index contributed by atoms with van der Waals surface area (Å²) in [6.45, 7) is 5.82. The quantitative estimate of drug-likeness (QED) is 0.734. The summed E-state index contributed by atoms with van der Waals surface area (Å²) in [5.41, 5.74) is 2.01. The summed E-state index contributed by atoms with van der Waals surface area (Å²) in [5.74, 6) is 0.263. The maximum absolute atomic E-state index is 12.6. The molecule has 2 aromatic carbocycles. The highest BCUT2D eigenvalue weighted by atomic mass is 32.2. The van der Waals surface area contributed by atoms with Crippen molar-refractivity contribution in [2.45, 2.75) is 33.2 Å². The van der Waals surface area contributed by atoms with E-state index in [0.29, 0.717) is 17.2 Å². The summed E-state index contributed by atoms with van der Waals surface area (Å²) >= 11 is 0. The van der Waals surface area contributed by atoms with E-state index in [2.05, 4.69) is 23.9 Å². The highest BCUT2D eigenvalue weighted by Crippen LogP contribution is 2.22. The Balaban J connectivity index is 2.11. The molecule has 5 nitrogen and oxygen atoms in total. The molecule has 140 valence electrons. The minimum atomic E-state index is -3.32. The lowest BCUT2D eigenvalue weighted by Crippen LogP contribution is -2.29. The minimum Gasteiger partial charge on any atom is -0.345 e. The van der Waals surface area contributed by atoms with Gasteiger partial charge in [-0.15, -0.1) is 0 Å². The topological polar surface area (TPSA) is 75.3 Å². The van der Waals surface area contributed by atoms with Gasteiger partial charge in [0.25, 0.3) is 5.91 Å². The van der Waals surface area contributed by atoms with Crippen LogP contribution in [0, 0.1) is 5.92 Å². The first-order chi connectivity index (χ1) is 12.3. The Morgan fingerprint density at radius 2 is 1.62 bits per heavy atom. The van der Waals surface area contributed by atoms with Gasteiger partial charge in [-0.3, -0.25) is 9.52 Å². The molecule has 0 aromatic heterocycles. The molecular formula is C20H26N2O3S. The third kappa shape index (κ3) is 5.88. The lowest BCUT2D eigenvalue weighted by molar-refractivity contribution is 0.0932. The van der Waals surface area contributed by atoms with Gasteiger partial charge in [0.05, 0.1) is 11.8 Å². The first-order valence-electron chi connectivity index (χ1n) is 8.77. The van der Waals surface area contributed by atoms with Gasteiger partial charge in [-0.25, -0.2) is 8.42 Å². The average Bonchev–Trinajstić information content (AvgIpc) is 2.62. The molecule has 0 heterocycles. The van der Waals surface area contributed by atoms with E-state index in [1.165, 1.54) is 0 Å². The molecule has 0 saturated carbocycles. The first-order valence-corrected chi connectivity index (χ1v) is 10.4. The van der Waals surface area contributed by atoms with Crippen molar-refractivity contribution in [2.75, 3.05) is 10.5 Å². The van der Waals surface area contributed by atoms with E-state index in [9.17, 15) is 13.2 Å². The van der Waals surface area contributed by atoms with Gasteiger partial charge in [-0.05, 0) is 49.1 Å². The van der Waals surface area contributed by atoms with Gasteiger partial charge < -0.3 is 5.32 Å². The summed E-state index contributed by atoms with van der Waals surface area (Å²) in [7, 11) is -3.32. The molecular weight excluding hydrogens is 348 g/mol. The molecule has 2 rings (SSSR count). The number of benzene rings is 2. The fourth-order valence-corrected chi connectivity index (χ4v) is 3.26. The van der Waals surface area contributed by atoms with Gasteiger partial charge in [0, 0.05) is 11.3 Å². The van der Waals surface area contributed by atoms with Crippen LogP contribution < -0.4 is 10.0 Å². The van der Waals surface area contributed by atoms with E-state index in [-0.39, 0.29) is 17.7 Å². The summed E-state index contributed by atoms with van der Waals surface area (Å²) in [6.07, 6.45) is 0.837. The largest absolute Gasteiger partial charge is 0.345 e. The van der Waals surface area contributed by atoms with Crippen molar-refractivity contribution < 1.29 is 13.2 Å². The lowest BCUT2D eigenvalue weighted by Gasteiger charge is -2.21. The summed E-state index contributed by atoms with van der Waals surface area (Å²) in [4.78, 5) is 12.6. The van der Waals surface area contributed by atoms with E-state index in [4.69, 9.17) is 0 Å². The SMILES string of the molecule is CCS(=O)(=O)Nc1ccc(C(=O)N[C@H](CC(C)C)c2ccccc2)cc1. The lowest BCUT2D eigenvalue weighted by atomic mass is 9.96. The van der Waals surface area contributed by atoms with Gasteiger partial charge in [0.15, 0.2) is 0 Å². The van der Waals surface area contributed by atoms with E-state index in [0.717, 1.165) is 12.0 Å². The number of anilines is 1. The monoisotopic (exact) mass is 374 g/mol. The molecule has 0 aliphatic carbocycles. The average molecular weight is 375 g/mol. The summed E-state index contributed by atoms with van der Waals surface area (Å²) < 4.78 is 25.7. The van der Waals surface area contributed by atoms with Crippen LogP contribution in [0.1, 0.15) is 49.2 Å². The number of hydrogen-bond donors (Lipinski definition) is 2. The Kier molecular flexibility index (Phi) is 6.80. The molecule has 1 atom stereocenters. The maximum atomic E-state index is 12.6. The number of amides is 1. The first kappa shape index (κ1) is 20.0. The summed E-state index contributed by atoms with van der Waals surface area (Å²) in [6, 6.07) is 16.3. The predicted molar refractivity (Wildman–Crippen MR) is 106 cm³/mol. The van der Waals surface area contributed by atoms with Gasteiger partial charge in [0.1, 0.15) is 0 Å². The van der Waals surface area contributed by atoms with Crippen LogP contribution in [0.3, 0.4) is 0 Å². The second kappa shape index (κ2) is 8.85. The number of carbonyl (C=O) groups is 1. The zero-order chi connectivity index (χ0) is 19.2. The van der Waals surface area contributed by atoms with Crippen LogP contribution in [0.5, 0.6) is 0 Å². The van der Waals surface area contributed by atoms with Crippen LogP contribution in [0.15, 0.2) is 54.6 Å². The van der Waals surface area contributed by atoms with Crippen molar-refractivity contribution in [3.8, 4) is 0 Å². The van der Waals surface area contributed by atoms with E-state index in [1.807, 2.05) is 30.3 Å². The van der Waals surface area contributed by atoms with Gasteiger partial charge in [0.2, 0.25) is 10.0 Å². The third-order valence-corrected chi connectivity index (χ3v) is 5.32. The van der Waals surface area contributed by atoms with Crippen LogP contribution in [0.2, 0.25) is 0 Å². The highest BCUT2D eigenvalue weighted by Gasteiger charge is 2.17. The minimum absolute atomic E-state index is 0.00317. The van der Waals surface area contributed by atoms with E-state index >= 15 is 0 Å². The van der Waals surface area contributed by atoms with E-state index < -0.39 is 10.0 Å². The number of sulfonamides is 1. The molecule has 1 amide bonds. The fourth-order valence-electron chi connectivity index (χ4n) is 2.62. The Morgan fingerprint density at radius 1 is 1.00 bits per heavy atom. The molecule has 6 heteroatoms. The Labute approximate surface area is 155 Å². The van der Waals surface area contributed by atoms with Crippen molar-refractivity contribution in [1.82, 2.24) is 5.32 Å². The molecule has 0 spiro atoms. The molecule has 2 aromatic rings. The molecule has 0 unspecified atom stereocenters. The molecule has 26 heavy (non-hydrogen) atoms. The smallest absolute Gasteiger partial charge is 0.251 e. The highest BCUT2D eigenvalue weighted by molar-refractivity contribution is 7.92. The number of carbonyl (C=O) groups excluding carboxylic acids is 1. The van der Waals surface area contributed by atoms with Crippen LogP contribution >= 0.6 is 0 Å². The van der Waals surface area contributed by atoms with Crippen molar-refractivity contribution >= 4 is 21.6 Å². The Morgan fingerprint density at radius 3 is 2.15 bits per heavy atom. The number of nitrogens with one attached hydrogen (secondary N) is 2. The number of rotatable bonds is 8. The molecule has 2 N–H and O–H groups in total. The zero-order valence-electron chi connectivity index (χ0n) is 15.4. The summed E-state index contributed by atoms with van der Waals surface area (Å²) in [5, 5.41) is 3.08. The molecule has 0 bridgehead atoms. The maximum Gasteiger partial charge on any atom is 0.251 e. The second-order valence-electron chi connectivity index (χ2n) is 6.65. The standard InChI is InChI=1S/C20H26N2O3S/c1-4-26(24,25)22-18-12-10-17(11-13-18)20(23)21-19(14-15(2)3)16-8-6-5-7-9-16/h5-13,15,19,22H,4,14H2,1-3H3,(H,21,23)/t19-/m1/s1. The van der Waals surface area contributed by atoms with Gasteiger partial charge >= 0.3 is 0 Å². The molecule has 0 saturated heterocycles. The van der Waals surface area contributed by atoms with Crippen LogP contribution in [0.25, 0.3) is 0 Å². The van der Waals surface area contributed by atoms with Crippen molar-refractivity contribution in [3.05, 3.63) is 65.7 Å².